The third-order valence-electron chi connectivity index (χ3n) is 8.65. The first kappa shape index (κ1) is 20.9. The second-order valence-electron chi connectivity index (χ2n) is 10.6. The molecule has 0 radical (unpaired) electrons. The average Bonchev–Trinajstić information content (AvgIpc) is 3.67. The highest BCUT2D eigenvalue weighted by atomic mass is 16.5. The summed E-state index contributed by atoms with van der Waals surface area (Å²) in [6.07, 6.45) is 6.60. The molecule has 0 bridgehead atoms. The van der Waals surface area contributed by atoms with E-state index in [2.05, 4.69) is 149 Å². The summed E-state index contributed by atoms with van der Waals surface area (Å²) in [4.78, 5) is 0. The second kappa shape index (κ2) is 7.49. The van der Waals surface area contributed by atoms with Crippen LogP contribution in [0.15, 0.2) is 139 Å². The first-order valence-electron chi connectivity index (χ1n) is 13.5. The number of hydrogen-bond acceptors (Lipinski definition) is 1. The van der Waals surface area contributed by atoms with Crippen molar-refractivity contribution in [3.63, 3.8) is 0 Å². The van der Waals surface area contributed by atoms with E-state index in [9.17, 15) is 0 Å². The number of allylic oxidation sites excluding steroid dienone is 2. The lowest BCUT2D eigenvalue weighted by atomic mass is 9.54. The van der Waals surface area contributed by atoms with Crippen molar-refractivity contribution in [1.29, 1.82) is 0 Å². The molecule has 182 valence electrons. The normalized spacial score (nSPS) is 18.5. The summed E-state index contributed by atoms with van der Waals surface area (Å²) in [5.41, 5.74) is 8.28. The van der Waals surface area contributed by atoms with Crippen LogP contribution in [0.1, 0.15) is 11.3 Å². The zero-order valence-corrected chi connectivity index (χ0v) is 21.2. The van der Waals surface area contributed by atoms with Gasteiger partial charge in [-0.05, 0) is 51.9 Å². The van der Waals surface area contributed by atoms with Gasteiger partial charge in [0.05, 0.1) is 11.3 Å². The highest BCUT2D eigenvalue weighted by Gasteiger charge is 2.56. The Balaban J connectivity index is 1.47. The summed E-state index contributed by atoms with van der Waals surface area (Å²) in [5, 5.41) is 5.00. The van der Waals surface area contributed by atoms with E-state index in [4.69, 9.17) is 4.65 Å². The van der Waals surface area contributed by atoms with Crippen LogP contribution in [0.25, 0.3) is 38.4 Å². The van der Waals surface area contributed by atoms with Gasteiger partial charge < -0.3 is 13.6 Å². The van der Waals surface area contributed by atoms with Crippen LogP contribution in [0.4, 0.5) is 0 Å². The molecule has 0 unspecified atom stereocenters. The summed E-state index contributed by atoms with van der Waals surface area (Å²) in [7, 11) is 0. The van der Waals surface area contributed by atoms with Crippen molar-refractivity contribution in [3.05, 3.63) is 150 Å². The predicted octanol–water partition coefficient (Wildman–Crippen LogP) is 6.97. The summed E-state index contributed by atoms with van der Waals surface area (Å²) in [6, 6.07) is 43.5. The van der Waals surface area contributed by atoms with E-state index in [1.165, 1.54) is 44.1 Å². The third kappa shape index (κ3) is 2.60. The Bertz CT molecular complexity index is 2050. The lowest BCUT2D eigenvalue weighted by Crippen LogP contribution is -2.70. The van der Waals surface area contributed by atoms with Gasteiger partial charge in [-0.15, -0.1) is 0 Å². The van der Waals surface area contributed by atoms with Crippen molar-refractivity contribution in [2.75, 3.05) is 0 Å². The minimum Gasteiger partial charge on any atom is -0.635 e. The van der Waals surface area contributed by atoms with Gasteiger partial charge in [0.2, 0.25) is 0 Å². The summed E-state index contributed by atoms with van der Waals surface area (Å²) in [5.74, 6) is 0.914. The fourth-order valence-electron chi connectivity index (χ4n) is 7.10. The summed E-state index contributed by atoms with van der Waals surface area (Å²) < 4.78 is 12.0. The van der Waals surface area contributed by atoms with Crippen LogP contribution in [0, 0.1) is 0 Å². The maximum atomic E-state index is 7.19. The predicted molar refractivity (Wildman–Crippen MR) is 161 cm³/mol. The quantitative estimate of drug-likeness (QED) is 0.186. The van der Waals surface area contributed by atoms with Crippen molar-refractivity contribution in [1.82, 2.24) is 4.48 Å². The lowest BCUT2D eigenvalue weighted by Gasteiger charge is -2.47. The van der Waals surface area contributed by atoms with Gasteiger partial charge >= 0.3 is 6.62 Å². The third-order valence-corrected chi connectivity index (χ3v) is 8.65. The molecule has 0 spiro atoms. The number of aromatic nitrogens is 1. The number of nitrogens with zero attached hydrogens (tertiary/aromatic N) is 2. The van der Waals surface area contributed by atoms with Gasteiger partial charge in [-0.1, -0.05) is 96.5 Å². The Morgan fingerprint density at radius 3 is 2.10 bits per heavy atom. The number of para-hydroxylation sites is 1. The fourth-order valence-corrected chi connectivity index (χ4v) is 7.10. The Morgan fingerprint density at radius 2 is 1.31 bits per heavy atom. The van der Waals surface area contributed by atoms with Crippen molar-refractivity contribution in [3.8, 4) is 17.0 Å². The van der Waals surface area contributed by atoms with Crippen LogP contribution in [0.5, 0.6) is 5.75 Å². The molecule has 0 fully saturated rings. The number of hydrogen-bond donors (Lipinski definition) is 0. The lowest BCUT2D eigenvalue weighted by molar-refractivity contribution is -0.342. The van der Waals surface area contributed by atoms with Crippen molar-refractivity contribution in [2.24, 2.45) is 0 Å². The first-order valence-corrected chi connectivity index (χ1v) is 13.5. The number of benzene rings is 5. The van der Waals surface area contributed by atoms with Gasteiger partial charge in [-0.3, -0.25) is 0 Å². The Labute approximate surface area is 226 Å². The fraction of sp³-hybridized carbons (Fsp3) is 0. The monoisotopic (exact) mass is 498 g/mol. The molecule has 0 amide bonds. The molecule has 0 N–H and O–H groups in total. The molecular weight excluding hydrogens is 475 g/mol. The largest absolute Gasteiger partial charge is 0.635 e. The van der Waals surface area contributed by atoms with Crippen molar-refractivity contribution >= 4 is 45.4 Å². The van der Waals surface area contributed by atoms with Crippen molar-refractivity contribution < 1.29 is 9.14 Å². The minimum atomic E-state index is -1.82. The van der Waals surface area contributed by atoms with Crippen molar-refractivity contribution in [2.45, 2.75) is 0 Å². The maximum Gasteiger partial charge on any atom is 0.597 e. The molecule has 3 aliphatic rings. The molecule has 0 saturated heterocycles. The molecular formula is C35H23BN2O. The standard InChI is InChI=1S/C35H23BN2O/c1-2-13-26(14-3-1)36-37-22-10-18-31(37)35(32-21-20-30(38(32)36)29-17-8-9-19-33(29)39-36)34-27-15-6-4-11-24(27)23-25-12-5-7-16-28(25)34/h1-23H/t36-/m0/s1. The topological polar surface area (TPSA) is 17.2 Å². The smallest absolute Gasteiger partial charge is 0.597 e. The molecule has 3 nitrogen and oxygen atoms in total. The molecule has 5 aromatic carbocycles. The van der Waals surface area contributed by atoms with Gasteiger partial charge in [0.25, 0.3) is 0 Å². The molecule has 4 heteroatoms. The molecule has 0 saturated carbocycles. The zero-order valence-electron chi connectivity index (χ0n) is 21.2. The SMILES string of the molecule is C1=CC2=C(c3c4ccccc4cc4ccccc34)c3ccc4n3[B@@-](c3ccccc3)(Oc3ccccc3-4)[N+]2=C1. The average molecular weight is 498 g/mol. The zero-order chi connectivity index (χ0) is 25.6. The molecule has 1 atom stereocenters. The van der Waals surface area contributed by atoms with Crippen LogP contribution in [-0.2, 0) is 0 Å². The van der Waals surface area contributed by atoms with E-state index in [0.29, 0.717) is 0 Å². The first-order chi connectivity index (χ1) is 19.3. The minimum absolute atomic E-state index is 0.914. The molecule has 39 heavy (non-hydrogen) atoms. The number of fused-ring (bicyclic) bond motifs is 6. The van der Waals surface area contributed by atoms with E-state index in [-0.39, 0.29) is 0 Å². The highest BCUT2D eigenvalue weighted by molar-refractivity contribution is 6.80. The Kier molecular flexibility index (Phi) is 4.02. The molecule has 0 aliphatic carbocycles. The van der Waals surface area contributed by atoms with E-state index < -0.39 is 6.62 Å². The van der Waals surface area contributed by atoms with Crippen LogP contribution < -0.4 is 10.1 Å². The van der Waals surface area contributed by atoms with Gasteiger partial charge in [-0.25, -0.2) is 0 Å². The molecule has 1 aromatic heterocycles. The highest BCUT2D eigenvalue weighted by Crippen LogP contribution is 2.48. The van der Waals surface area contributed by atoms with Gasteiger partial charge in [0.1, 0.15) is 6.21 Å². The Morgan fingerprint density at radius 1 is 0.641 bits per heavy atom. The van der Waals surface area contributed by atoms with E-state index in [1.807, 2.05) is 0 Å². The second-order valence-corrected chi connectivity index (χ2v) is 10.6. The van der Waals surface area contributed by atoms with E-state index in [1.54, 1.807) is 0 Å². The molecule has 6 aromatic rings. The number of rotatable bonds is 2. The van der Waals surface area contributed by atoms with Gasteiger partial charge in [0.15, 0.2) is 5.70 Å². The summed E-state index contributed by atoms with van der Waals surface area (Å²) >= 11 is 0. The van der Waals surface area contributed by atoms with Gasteiger partial charge in [-0.2, -0.15) is 0 Å². The van der Waals surface area contributed by atoms with Crippen LogP contribution in [-0.4, -0.2) is 21.8 Å². The maximum absolute atomic E-state index is 7.19. The van der Waals surface area contributed by atoms with Gasteiger partial charge in [0, 0.05) is 34.7 Å². The Hall–Kier alpha value is -5.09. The molecule has 3 aliphatic heterocycles. The molecule has 4 heterocycles. The van der Waals surface area contributed by atoms with Crippen LogP contribution in [0.3, 0.4) is 0 Å². The molecule has 9 rings (SSSR count). The van der Waals surface area contributed by atoms with Crippen LogP contribution >= 0.6 is 0 Å². The summed E-state index contributed by atoms with van der Waals surface area (Å²) in [6.45, 7) is -1.82. The van der Waals surface area contributed by atoms with E-state index >= 15 is 0 Å². The van der Waals surface area contributed by atoms with E-state index in [0.717, 1.165) is 22.5 Å². The van der Waals surface area contributed by atoms with Crippen LogP contribution in [0.2, 0.25) is 0 Å².